The monoisotopic (exact) mass is 545 g/mol. The molecule has 0 aliphatic carbocycles. The number of halogens is 4. The van der Waals surface area contributed by atoms with Crippen molar-refractivity contribution >= 4 is 29.1 Å². The van der Waals surface area contributed by atoms with E-state index < -0.39 is 35.2 Å². The Kier molecular flexibility index (Phi) is 7.68. The highest BCUT2D eigenvalue weighted by Gasteiger charge is 2.46. The molecule has 1 amide bonds. The number of hydrogen-bond donors (Lipinski definition) is 1. The van der Waals surface area contributed by atoms with Gasteiger partial charge < -0.3 is 19.5 Å². The summed E-state index contributed by atoms with van der Waals surface area (Å²) in [6, 6.07) is 14.4. The van der Waals surface area contributed by atoms with E-state index in [0.717, 1.165) is 17.0 Å². The van der Waals surface area contributed by atoms with Gasteiger partial charge in [0.25, 0.3) is 11.7 Å². The fourth-order valence-corrected chi connectivity index (χ4v) is 4.54. The molecule has 0 saturated carbocycles. The third-order valence-electron chi connectivity index (χ3n) is 6.06. The maximum absolute atomic E-state index is 13.3. The van der Waals surface area contributed by atoms with Crippen LogP contribution in [0.15, 0.2) is 72.3 Å². The number of amides is 1. The van der Waals surface area contributed by atoms with Gasteiger partial charge in [0.1, 0.15) is 17.3 Å². The van der Waals surface area contributed by atoms with Gasteiger partial charge in [-0.15, -0.1) is 0 Å². The number of ether oxygens (including phenoxy) is 2. The molecule has 0 bridgehead atoms. The van der Waals surface area contributed by atoms with Gasteiger partial charge in [-0.25, -0.2) is 0 Å². The number of benzene rings is 3. The number of hydrogen-bond acceptors (Lipinski definition) is 5. The zero-order valence-corrected chi connectivity index (χ0v) is 21.1. The quantitative estimate of drug-likeness (QED) is 0.212. The Balaban J connectivity index is 1.88. The van der Waals surface area contributed by atoms with Crippen LogP contribution in [0, 0.1) is 0 Å². The molecule has 10 heteroatoms. The summed E-state index contributed by atoms with van der Waals surface area (Å²) in [5.74, 6) is -1.71. The minimum atomic E-state index is -4.58. The number of rotatable bonds is 7. The summed E-state index contributed by atoms with van der Waals surface area (Å²) in [4.78, 5) is 27.7. The molecule has 3 aromatic rings. The Bertz CT molecular complexity index is 1420. The van der Waals surface area contributed by atoms with E-state index in [2.05, 4.69) is 0 Å². The summed E-state index contributed by atoms with van der Waals surface area (Å²) in [6.45, 7) is 1.79. The minimum Gasteiger partial charge on any atom is -0.507 e. The Morgan fingerprint density at radius 3 is 2.45 bits per heavy atom. The van der Waals surface area contributed by atoms with E-state index in [1.807, 2.05) is 0 Å². The smallest absolute Gasteiger partial charge is 0.416 e. The van der Waals surface area contributed by atoms with Crippen LogP contribution in [0.3, 0.4) is 0 Å². The van der Waals surface area contributed by atoms with Gasteiger partial charge in [-0.2, -0.15) is 13.2 Å². The largest absolute Gasteiger partial charge is 0.507 e. The first kappa shape index (κ1) is 27.1. The standard InChI is InChI=1S/C28H23ClF3NO5/c1-3-38-20-10-11-22(29)21(14-20)25(34)23-24(17-7-5-9-19(13-17)37-2)33(27(36)26(23)35)15-16-6-4-8-18(12-16)28(30,31)32/h4-14,24,34H,3,15H2,1-2H3/b25-23+. The number of carbonyl (C=O) groups is 2. The van der Waals surface area contributed by atoms with E-state index in [0.29, 0.717) is 23.7 Å². The third kappa shape index (κ3) is 5.33. The van der Waals surface area contributed by atoms with Crippen LogP contribution < -0.4 is 9.47 Å². The van der Waals surface area contributed by atoms with Crippen molar-refractivity contribution in [3.63, 3.8) is 0 Å². The van der Waals surface area contributed by atoms with E-state index in [4.69, 9.17) is 21.1 Å². The van der Waals surface area contributed by atoms with E-state index in [-0.39, 0.29) is 28.3 Å². The Morgan fingerprint density at radius 2 is 1.76 bits per heavy atom. The molecule has 38 heavy (non-hydrogen) atoms. The molecule has 3 aromatic carbocycles. The maximum atomic E-state index is 13.3. The highest BCUT2D eigenvalue weighted by molar-refractivity contribution is 6.47. The number of nitrogens with zero attached hydrogens (tertiary/aromatic N) is 1. The summed E-state index contributed by atoms with van der Waals surface area (Å²) in [7, 11) is 1.44. The number of methoxy groups -OCH3 is 1. The lowest BCUT2D eigenvalue weighted by molar-refractivity contribution is -0.140. The topological polar surface area (TPSA) is 76.1 Å². The molecule has 198 valence electrons. The zero-order valence-electron chi connectivity index (χ0n) is 20.4. The second-order valence-corrected chi connectivity index (χ2v) is 8.88. The molecule has 1 atom stereocenters. The van der Waals surface area contributed by atoms with Crippen molar-refractivity contribution < 1.29 is 37.3 Å². The first-order chi connectivity index (χ1) is 18.0. The molecule has 1 fully saturated rings. The van der Waals surface area contributed by atoms with Crippen molar-refractivity contribution in [2.24, 2.45) is 0 Å². The predicted octanol–water partition coefficient (Wildman–Crippen LogP) is 6.39. The number of ketones is 1. The first-order valence-corrected chi connectivity index (χ1v) is 11.9. The molecule has 1 N–H and O–H groups in total. The van der Waals surface area contributed by atoms with Crippen molar-refractivity contribution in [2.75, 3.05) is 13.7 Å². The van der Waals surface area contributed by atoms with Gasteiger partial charge in [-0.1, -0.05) is 35.9 Å². The Labute approximate surface area is 221 Å². The van der Waals surface area contributed by atoms with Crippen LogP contribution in [0.5, 0.6) is 11.5 Å². The molecule has 1 saturated heterocycles. The van der Waals surface area contributed by atoms with Crippen LogP contribution in [0.2, 0.25) is 5.02 Å². The van der Waals surface area contributed by atoms with Crippen molar-refractivity contribution in [1.82, 2.24) is 4.90 Å². The molecule has 6 nitrogen and oxygen atoms in total. The lowest BCUT2D eigenvalue weighted by Gasteiger charge is -2.26. The lowest BCUT2D eigenvalue weighted by Crippen LogP contribution is -2.29. The average molecular weight is 546 g/mol. The number of aliphatic hydroxyl groups is 1. The molecular formula is C28H23ClF3NO5. The Morgan fingerprint density at radius 1 is 1.03 bits per heavy atom. The van der Waals surface area contributed by atoms with Gasteiger partial charge in [-0.05, 0) is 60.5 Å². The summed E-state index contributed by atoms with van der Waals surface area (Å²) < 4.78 is 50.7. The number of likely N-dealkylation sites (tertiary alicyclic amines) is 1. The van der Waals surface area contributed by atoms with Crippen molar-refractivity contribution in [1.29, 1.82) is 0 Å². The van der Waals surface area contributed by atoms with Crippen LogP contribution in [0.25, 0.3) is 5.76 Å². The number of Topliss-reactive ketones (excluding diaryl/α,β-unsaturated/α-hetero) is 1. The van der Waals surface area contributed by atoms with E-state index >= 15 is 0 Å². The van der Waals surface area contributed by atoms with Crippen LogP contribution in [0.4, 0.5) is 13.2 Å². The summed E-state index contributed by atoms with van der Waals surface area (Å²) in [6.07, 6.45) is -4.58. The zero-order chi connectivity index (χ0) is 27.6. The molecule has 0 radical (unpaired) electrons. The summed E-state index contributed by atoms with van der Waals surface area (Å²) in [5, 5.41) is 11.4. The van der Waals surface area contributed by atoms with Crippen molar-refractivity contribution in [3.8, 4) is 11.5 Å². The highest BCUT2D eigenvalue weighted by Crippen LogP contribution is 2.43. The van der Waals surface area contributed by atoms with Gasteiger partial charge in [-0.3, -0.25) is 9.59 Å². The van der Waals surface area contributed by atoms with Crippen molar-refractivity contribution in [2.45, 2.75) is 25.7 Å². The number of aliphatic hydroxyl groups excluding tert-OH is 1. The molecule has 0 aromatic heterocycles. The molecule has 4 rings (SSSR count). The Hall–Kier alpha value is -3.98. The second-order valence-electron chi connectivity index (χ2n) is 8.48. The average Bonchev–Trinajstić information content (AvgIpc) is 3.14. The normalized spacial score (nSPS) is 17.1. The van der Waals surface area contributed by atoms with Crippen LogP contribution >= 0.6 is 11.6 Å². The van der Waals surface area contributed by atoms with Crippen LogP contribution in [-0.4, -0.2) is 35.4 Å². The van der Waals surface area contributed by atoms with Crippen LogP contribution in [0.1, 0.15) is 35.2 Å². The maximum Gasteiger partial charge on any atom is 0.416 e. The van der Waals surface area contributed by atoms with E-state index in [1.165, 1.54) is 31.4 Å². The fourth-order valence-electron chi connectivity index (χ4n) is 4.33. The van der Waals surface area contributed by atoms with Gasteiger partial charge in [0.2, 0.25) is 0 Å². The highest BCUT2D eigenvalue weighted by atomic mass is 35.5. The lowest BCUT2D eigenvalue weighted by atomic mass is 9.94. The van der Waals surface area contributed by atoms with Crippen molar-refractivity contribution in [3.05, 3.63) is 99.6 Å². The molecule has 1 aliphatic heterocycles. The molecule has 1 heterocycles. The van der Waals surface area contributed by atoms with Gasteiger partial charge in [0, 0.05) is 12.1 Å². The molecule has 1 unspecified atom stereocenters. The van der Waals surface area contributed by atoms with Crippen LogP contribution in [-0.2, 0) is 22.3 Å². The van der Waals surface area contributed by atoms with Gasteiger partial charge in [0.15, 0.2) is 0 Å². The summed E-state index contributed by atoms with van der Waals surface area (Å²) in [5.41, 5.74) is -0.502. The molecule has 0 spiro atoms. The van der Waals surface area contributed by atoms with E-state index in [1.54, 1.807) is 37.3 Å². The number of alkyl halides is 3. The molecule has 1 aliphatic rings. The van der Waals surface area contributed by atoms with Gasteiger partial charge in [0.05, 0.1) is 35.9 Å². The van der Waals surface area contributed by atoms with E-state index in [9.17, 15) is 27.9 Å². The van der Waals surface area contributed by atoms with Gasteiger partial charge >= 0.3 is 6.18 Å². The summed E-state index contributed by atoms with van der Waals surface area (Å²) >= 11 is 6.34. The SMILES string of the molecule is CCOc1ccc(Cl)c(/C(O)=C2\C(=O)C(=O)N(Cc3cccc(C(F)(F)F)c3)C2c2cccc(OC)c2)c1. The second kappa shape index (κ2) is 10.8. The number of carbonyl (C=O) groups excluding carboxylic acids is 2. The predicted molar refractivity (Wildman–Crippen MR) is 135 cm³/mol. The fraction of sp³-hybridized carbons (Fsp3) is 0.214. The third-order valence-corrected chi connectivity index (χ3v) is 6.39. The minimum absolute atomic E-state index is 0.0718. The molecular weight excluding hydrogens is 523 g/mol. The first-order valence-electron chi connectivity index (χ1n) is 11.6.